The van der Waals surface area contributed by atoms with Gasteiger partial charge in [-0.25, -0.2) is 0 Å². The number of amides is 1. The van der Waals surface area contributed by atoms with E-state index in [4.69, 9.17) is 11.6 Å². The summed E-state index contributed by atoms with van der Waals surface area (Å²) in [6, 6.07) is 5.57. The van der Waals surface area contributed by atoms with Gasteiger partial charge in [-0.1, -0.05) is 11.6 Å². The summed E-state index contributed by atoms with van der Waals surface area (Å²) < 4.78 is 0. The van der Waals surface area contributed by atoms with Gasteiger partial charge in [-0.3, -0.25) is 4.79 Å². The van der Waals surface area contributed by atoms with Gasteiger partial charge in [-0.15, -0.1) is 0 Å². The number of aliphatic hydroxyl groups excluding tert-OH is 1. The maximum Gasteiger partial charge on any atom is 0.254 e. The second-order valence-corrected chi connectivity index (χ2v) is 5.83. The van der Waals surface area contributed by atoms with Crippen molar-refractivity contribution < 1.29 is 9.90 Å². The minimum Gasteiger partial charge on any atom is -0.393 e. The first-order valence-corrected chi connectivity index (χ1v) is 7.11. The van der Waals surface area contributed by atoms with Gasteiger partial charge in [0.1, 0.15) is 0 Å². The smallest absolute Gasteiger partial charge is 0.254 e. The van der Waals surface area contributed by atoms with Gasteiger partial charge < -0.3 is 10.0 Å². The number of nitrogens with zero attached hydrogens (tertiary/aromatic N) is 1. The Hall–Kier alpha value is -1.06. The topological polar surface area (TPSA) is 40.5 Å². The van der Waals surface area contributed by atoms with Crippen molar-refractivity contribution in [3.63, 3.8) is 0 Å². The Bertz CT molecular complexity index is 453. The van der Waals surface area contributed by atoms with Crippen molar-refractivity contribution in [1.29, 1.82) is 0 Å². The average molecular weight is 282 g/mol. The second kappa shape index (κ2) is 5.93. The van der Waals surface area contributed by atoms with E-state index in [0.717, 1.165) is 24.9 Å². The molecule has 0 radical (unpaired) electrons. The molecule has 0 aliphatic carbocycles. The van der Waals surface area contributed by atoms with Crippen LogP contribution in [0.5, 0.6) is 0 Å². The summed E-state index contributed by atoms with van der Waals surface area (Å²) in [6.45, 7) is 4.46. The van der Waals surface area contributed by atoms with Crippen molar-refractivity contribution in [1.82, 2.24) is 4.90 Å². The van der Waals surface area contributed by atoms with E-state index in [1.54, 1.807) is 13.0 Å². The third kappa shape index (κ3) is 3.48. The largest absolute Gasteiger partial charge is 0.393 e. The number of likely N-dealkylation sites (tertiary alicyclic amines) is 1. The zero-order valence-corrected chi connectivity index (χ0v) is 12.2. The molecule has 1 N–H and O–H groups in total. The molecule has 0 unspecified atom stereocenters. The van der Waals surface area contributed by atoms with Crippen molar-refractivity contribution in [2.45, 2.75) is 45.3 Å². The van der Waals surface area contributed by atoms with Gasteiger partial charge in [0.25, 0.3) is 5.91 Å². The number of carbonyl (C=O) groups is 1. The Labute approximate surface area is 119 Å². The summed E-state index contributed by atoms with van der Waals surface area (Å²) in [5.74, 6) is 0.0220. The number of hydrogen-bond acceptors (Lipinski definition) is 2. The monoisotopic (exact) mass is 281 g/mol. The van der Waals surface area contributed by atoms with Crippen molar-refractivity contribution >= 4 is 17.5 Å². The number of carbonyl (C=O) groups excluding carboxylic acids is 1. The van der Waals surface area contributed by atoms with Crippen LogP contribution in [0, 0.1) is 6.92 Å². The van der Waals surface area contributed by atoms with Crippen molar-refractivity contribution in [2.24, 2.45) is 0 Å². The van der Waals surface area contributed by atoms with Crippen LogP contribution in [0.4, 0.5) is 0 Å². The van der Waals surface area contributed by atoms with E-state index < -0.39 is 0 Å². The van der Waals surface area contributed by atoms with Gasteiger partial charge in [-0.2, -0.15) is 0 Å². The van der Waals surface area contributed by atoms with E-state index in [1.807, 2.05) is 24.0 Å². The lowest BCUT2D eigenvalue weighted by Gasteiger charge is -2.26. The fourth-order valence-electron chi connectivity index (χ4n) is 2.77. The first kappa shape index (κ1) is 14.4. The minimum absolute atomic E-state index is 0.0220. The number of aryl methyl sites for hydroxylation is 1. The molecule has 1 aromatic carbocycles. The Kier molecular flexibility index (Phi) is 4.48. The van der Waals surface area contributed by atoms with Gasteiger partial charge in [0.2, 0.25) is 0 Å². The van der Waals surface area contributed by atoms with Crippen LogP contribution in [-0.2, 0) is 0 Å². The lowest BCUT2D eigenvalue weighted by atomic mass is 10.1. The highest BCUT2D eigenvalue weighted by Gasteiger charge is 2.30. The van der Waals surface area contributed by atoms with Crippen LogP contribution in [0.1, 0.15) is 42.1 Å². The highest BCUT2D eigenvalue weighted by Crippen LogP contribution is 2.25. The maximum atomic E-state index is 12.5. The summed E-state index contributed by atoms with van der Waals surface area (Å²) in [5, 5.41) is 10.1. The van der Waals surface area contributed by atoms with Gasteiger partial charge in [0.15, 0.2) is 0 Å². The van der Waals surface area contributed by atoms with Crippen LogP contribution in [-0.4, -0.2) is 34.6 Å². The molecule has 1 aliphatic heterocycles. The Morgan fingerprint density at radius 2 is 2.26 bits per heavy atom. The highest BCUT2D eigenvalue weighted by molar-refractivity contribution is 6.31. The molecule has 0 spiro atoms. The third-order valence-corrected chi connectivity index (χ3v) is 3.76. The minimum atomic E-state index is -0.375. The summed E-state index contributed by atoms with van der Waals surface area (Å²) >= 11 is 6.01. The molecular weight excluding hydrogens is 262 g/mol. The quantitative estimate of drug-likeness (QED) is 0.925. The number of benzene rings is 1. The number of hydrogen-bond donors (Lipinski definition) is 1. The van der Waals surface area contributed by atoms with Gasteiger partial charge in [-0.05, 0) is 56.9 Å². The van der Waals surface area contributed by atoms with Crippen molar-refractivity contribution in [2.75, 3.05) is 6.54 Å². The Morgan fingerprint density at radius 1 is 1.53 bits per heavy atom. The summed E-state index contributed by atoms with van der Waals surface area (Å²) in [5.41, 5.74) is 1.63. The molecule has 19 heavy (non-hydrogen) atoms. The fraction of sp³-hybridized carbons (Fsp3) is 0.533. The summed E-state index contributed by atoms with van der Waals surface area (Å²) in [7, 11) is 0. The predicted octanol–water partition coefficient (Wildman–Crippen LogP) is 3.02. The summed E-state index contributed by atoms with van der Waals surface area (Å²) in [4.78, 5) is 14.4. The van der Waals surface area contributed by atoms with Gasteiger partial charge in [0, 0.05) is 23.2 Å². The van der Waals surface area contributed by atoms with Crippen LogP contribution in [0.2, 0.25) is 5.02 Å². The van der Waals surface area contributed by atoms with E-state index in [-0.39, 0.29) is 18.1 Å². The fourth-order valence-corrected chi connectivity index (χ4v) is 3.06. The zero-order chi connectivity index (χ0) is 14.0. The first-order chi connectivity index (χ1) is 8.97. The Morgan fingerprint density at radius 3 is 2.89 bits per heavy atom. The van der Waals surface area contributed by atoms with E-state index in [9.17, 15) is 9.90 Å². The molecule has 1 aromatic rings. The average Bonchev–Trinajstić information content (AvgIpc) is 2.73. The van der Waals surface area contributed by atoms with Crippen molar-refractivity contribution in [3.8, 4) is 0 Å². The lowest BCUT2D eigenvalue weighted by Crippen LogP contribution is -2.37. The molecule has 0 bridgehead atoms. The number of aliphatic hydroxyl groups is 1. The molecule has 0 saturated carbocycles. The molecule has 1 saturated heterocycles. The standard InChI is InChI=1S/C15H20ClNO2/c1-10-6-12(9-13(16)7-10)15(19)17-5-3-4-14(17)8-11(2)18/h6-7,9,11,14,18H,3-5,8H2,1-2H3/t11-,14+/m1/s1. The molecule has 1 amide bonds. The van der Waals surface area contributed by atoms with E-state index >= 15 is 0 Å². The van der Waals surface area contributed by atoms with Gasteiger partial charge in [0.05, 0.1) is 6.10 Å². The maximum absolute atomic E-state index is 12.5. The van der Waals surface area contributed by atoms with Crippen LogP contribution < -0.4 is 0 Å². The highest BCUT2D eigenvalue weighted by atomic mass is 35.5. The van der Waals surface area contributed by atoms with E-state index in [0.29, 0.717) is 17.0 Å². The number of rotatable bonds is 3. The van der Waals surface area contributed by atoms with Gasteiger partial charge >= 0.3 is 0 Å². The van der Waals surface area contributed by atoms with E-state index in [2.05, 4.69) is 0 Å². The molecule has 1 fully saturated rings. The Balaban J connectivity index is 2.18. The SMILES string of the molecule is Cc1cc(Cl)cc(C(=O)N2CCC[C@H]2C[C@@H](C)O)c1. The molecule has 0 aromatic heterocycles. The normalized spacial score (nSPS) is 20.6. The molecule has 1 heterocycles. The van der Waals surface area contributed by atoms with E-state index in [1.165, 1.54) is 0 Å². The lowest BCUT2D eigenvalue weighted by molar-refractivity contribution is 0.0682. The second-order valence-electron chi connectivity index (χ2n) is 5.40. The molecule has 1 aliphatic rings. The van der Waals surface area contributed by atoms with Crippen LogP contribution >= 0.6 is 11.6 Å². The molecular formula is C15H20ClNO2. The van der Waals surface area contributed by atoms with Crippen LogP contribution in [0.25, 0.3) is 0 Å². The molecule has 2 atom stereocenters. The molecule has 4 heteroatoms. The van der Waals surface area contributed by atoms with Crippen LogP contribution in [0.3, 0.4) is 0 Å². The summed E-state index contributed by atoms with van der Waals surface area (Å²) in [6.07, 6.45) is 2.24. The molecule has 2 rings (SSSR count). The van der Waals surface area contributed by atoms with Crippen LogP contribution in [0.15, 0.2) is 18.2 Å². The first-order valence-electron chi connectivity index (χ1n) is 6.73. The third-order valence-electron chi connectivity index (χ3n) is 3.54. The predicted molar refractivity (Wildman–Crippen MR) is 76.5 cm³/mol. The zero-order valence-electron chi connectivity index (χ0n) is 11.4. The molecule has 3 nitrogen and oxygen atoms in total. The molecule has 104 valence electrons. The number of halogens is 1. The van der Waals surface area contributed by atoms with Crippen molar-refractivity contribution in [3.05, 3.63) is 34.3 Å².